The van der Waals surface area contributed by atoms with Crippen LogP contribution in [0.4, 0.5) is 0 Å². The van der Waals surface area contributed by atoms with E-state index < -0.39 is 0 Å². The highest BCUT2D eigenvalue weighted by Gasteiger charge is 2.21. The van der Waals surface area contributed by atoms with Gasteiger partial charge >= 0.3 is 0 Å². The Hall–Kier alpha value is -0.870. The highest BCUT2D eigenvalue weighted by atomic mass is 15.3. The SMILES string of the molecule is CCCN(Cc1cn(C)nc1CC)C1CCCNC1. The third kappa shape index (κ3) is 3.80. The Morgan fingerprint density at radius 3 is 2.95 bits per heavy atom. The van der Waals surface area contributed by atoms with E-state index >= 15 is 0 Å². The smallest absolute Gasteiger partial charge is 0.0666 e. The van der Waals surface area contributed by atoms with E-state index in [0.29, 0.717) is 6.04 Å². The lowest BCUT2D eigenvalue weighted by molar-refractivity contribution is 0.157. The summed E-state index contributed by atoms with van der Waals surface area (Å²) in [5.74, 6) is 0. The van der Waals surface area contributed by atoms with E-state index in [0.717, 1.165) is 19.5 Å². The van der Waals surface area contributed by atoms with Gasteiger partial charge in [-0.2, -0.15) is 5.10 Å². The van der Waals surface area contributed by atoms with Gasteiger partial charge in [0.05, 0.1) is 5.69 Å². The van der Waals surface area contributed by atoms with Crippen LogP contribution < -0.4 is 5.32 Å². The van der Waals surface area contributed by atoms with Crippen LogP contribution >= 0.6 is 0 Å². The molecule has 2 rings (SSSR count). The highest BCUT2D eigenvalue weighted by molar-refractivity contribution is 5.17. The Kier molecular flexibility index (Phi) is 5.40. The Morgan fingerprint density at radius 2 is 2.32 bits per heavy atom. The van der Waals surface area contributed by atoms with Crippen LogP contribution in [0.1, 0.15) is 44.4 Å². The molecule has 108 valence electrons. The van der Waals surface area contributed by atoms with Crippen molar-refractivity contribution in [2.45, 2.75) is 52.1 Å². The largest absolute Gasteiger partial charge is 0.315 e. The molecule has 1 aliphatic heterocycles. The van der Waals surface area contributed by atoms with Gasteiger partial charge in [0.15, 0.2) is 0 Å². The fourth-order valence-electron chi connectivity index (χ4n) is 3.06. The van der Waals surface area contributed by atoms with E-state index in [4.69, 9.17) is 0 Å². The van der Waals surface area contributed by atoms with Crippen LogP contribution in [0, 0.1) is 0 Å². The van der Waals surface area contributed by atoms with Crippen molar-refractivity contribution in [3.63, 3.8) is 0 Å². The number of rotatable bonds is 6. The topological polar surface area (TPSA) is 33.1 Å². The lowest BCUT2D eigenvalue weighted by Gasteiger charge is -2.34. The van der Waals surface area contributed by atoms with Gasteiger partial charge in [0, 0.05) is 37.9 Å². The van der Waals surface area contributed by atoms with Gasteiger partial charge in [0.25, 0.3) is 0 Å². The summed E-state index contributed by atoms with van der Waals surface area (Å²) in [6.45, 7) is 9.03. The van der Waals surface area contributed by atoms with Crippen molar-refractivity contribution in [3.05, 3.63) is 17.5 Å². The summed E-state index contributed by atoms with van der Waals surface area (Å²) in [5.41, 5.74) is 2.66. The molecule has 0 bridgehead atoms. The number of nitrogens with one attached hydrogen (secondary N) is 1. The maximum atomic E-state index is 4.56. The summed E-state index contributed by atoms with van der Waals surface area (Å²) in [7, 11) is 2.02. The molecule has 1 fully saturated rings. The number of aromatic nitrogens is 2. The van der Waals surface area contributed by atoms with E-state index in [2.05, 4.69) is 35.4 Å². The zero-order valence-electron chi connectivity index (χ0n) is 12.7. The molecule has 4 nitrogen and oxygen atoms in total. The third-order valence-electron chi connectivity index (χ3n) is 4.00. The van der Waals surface area contributed by atoms with Crippen LogP contribution in [0.5, 0.6) is 0 Å². The van der Waals surface area contributed by atoms with E-state index in [1.165, 1.54) is 43.6 Å². The van der Waals surface area contributed by atoms with E-state index in [1.807, 2.05) is 11.7 Å². The molecule has 0 spiro atoms. The Balaban J connectivity index is 2.06. The van der Waals surface area contributed by atoms with Crippen molar-refractivity contribution in [3.8, 4) is 0 Å². The van der Waals surface area contributed by atoms with Crippen LogP contribution in [-0.4, -0.2) is 40.4 Å². The summed E-state index contributed by atoms with van der Waals surface area (Å²) in [6.07, 6.45) is 7.07. The normalized spacial score (nSPS) is 20.1. The Morgan fingerprint density at radius 1 is 1.47 bits per heavy atom. The summed E-state index contributed by atoms with van der Waals surface area (Å²) in [5, 5.41) is 8.09. The molecule has 19 heavy (non-hydrogen) atoms. The Bertz CT molecular complexity index is 379. The van der Waals surface area contributed by atoms with Crippen molar-refractivity contribution >= 4 is 0 Å². The number of hydrogen-bond acceptors (Lipinski definition) is 3. The van der Waals surface area contributed by atoms with Crippen LogP contribution in [0.25, 0.3) is 0 Å². The first kappa shape index (κ1) is 14.5. The average Bonchev–Trinajstić information content (AvgIpc) is 2.79. The van der Waals surface area contributed by atoms with Gasteiger partial charge in [-0.1, -0.05) is 13.8 Å². The molecule has 0 aliphatic carbocycles. The van der Waals surface area contributed by atoms with Crippen molar-refractivity contribution < 1.29 is 0 Å². The maximum absolute atomic E-state index is 4.56. The average molecular weight is 264 g/mol. The molecule has 0 saturated carbocycles. The summed E-state index contributed by atoms with van der Waals surface area (Å²) < 4.78 is 1.96. The van der Waals surface area contributed by atoms with Crippen molar-refractivity contribution in [1.29, 1.82) is 0 Å². The predicted octanol–water partition coefficient (Wildman–Crippen LogP) is 1.95. The summed E-state index contributed by atoms with van der Waals surface area (Å²) in [6, 6.07) is 0.693. The second-order valence-electron chi connectivity index (χ2n) is 5.60. The van der Waals surface area contributed by atoms with Crippen LogP contribution in [-0.2, 0) is 20.0 Å². The second kappa shape index (κ2) is 7.06. The molecule has 1 aromatic rings. The summed E-state index contributed by atoms with van der Waals surface area (Å²) in [4.78, 5) is 2.64. The number of piperidine rings is 1. The number of nitrogens with zero attached hydrogens (tertiary/aromatic N) is 3. The first-order chi connectivity index (χ1) is 9.24. The molecule has 1 saturated heterocycles. The zero-order chi connectivity index (χ0) is 13.7. The van der Waals surface area contributed by atoms with Gasteiger partial charge in [0.1, 0.15) is 0 Å². The molecule has 0 amide bonds. The monoisotopic (exact) mass is 264 g/mol. The maximum Gasteiger partial charge on any atom is 0.0666 e. The van der Waals surface area contributed by atoms with E-state index in [9.17, 15) is 0 Å². The number of hydrogen-bond donors (Lipinski definition) is 1. The van der Waals surface area contributed by atoms with Gasteiger partial charge in [-0.25, -0.2) is 0 Å². The molecule has 4 heteroatoms. The van der Waals surface area contributed by atoms with Gasteiger partial charge < -0.3 is 5.32 Å². The lowest BCUT2D eigenvalue weighted by Crippen LogP contribution is -2.46. The van der Waals surface area contributed by atoms with Gasteiger partial charge in [-0.15, -0.1) is 0 Å². The molecule has 0 radical (unpaired) electrons. The van der Waals surface area contributed by atoms with Crippen LogP contribution in [0.15, 0.2) is 6.20 Å². The molecule has 1 aliphatic rings. The molecule has 1 atom stereocenters. The standard InChI is InChI=1S/C15H28N4/c1-4-9-19(14-7-6-8-16-10-14)12-13-11-18(3)17-15(13)5-2/h11,14,16H,4-10,12H2,1-3H3. The van der Waals surface area contributed by atoms with Crippen molar-refractivity contribution in [1.82, 2.24) is 20.0 Å². The number of aryl methyl sites for hydroxylation is 2. The molecule has 1 N–H and O–H groups in total. The third-order valence-corrected chi connectivity index (χ3v) is 4.00. The fourth-order valence-corrected chi connectivity index (χ4v) is 3.06. The second-order valence-corrected chi connectivity index (χ2v) is 5.60. The molecule has 1 unspecified atom stereocenters. The van der Waals surface area contributed by atoms with Crippen molar-refractivity contribution in [2.24, 2.45) is 7.05 Å². The van der Waals surface area contributed by atoms with Gasteiger partial charge in [-0.3, -0.25) is 9.58 Å². The molecular weight excluding hydrogens is 236 g/mol. The Labute approximate surface area is 117 Å². The zero-order valence-corrected chi connectivity index (χ0v) is 12.7. The van der Waals surface area contributed by atoms with Gasteiger partial charge in [-0.05, 0) is 38.8 Å². The quantitative estimate of drug-likeness (QED) is 0.852. The fraction of sp³-hybridized carbons (Fsp3) is 0.800. The van der Waals surface area contributed by atoms with E-state index in [1.54, 1.807) is 0 Å². The van der Waals surface area contributed by atoms with E-state index in [-0.39, 0.29) is 0 Å². The molecular formula is C15H28N4. The van der Waals surface area contributed by atoms with Gasteiger partial charge in [0.2, 0.25) is 0 Å². The predicted molar refractivity (Wildman–Crippen MR) is 79.2 cm³/mol. The minimum atomic E-state index is 0.693. The molecule has 1 aromatic heterocycles. The van der Waals surface area contributed by atoms with Crippen LogP contribution in [0.2, 0.25) is 0 Å². The minimum Gasteiger partial charge on any atom is -0.315 e. The molecule has 2 heterocycles. The van der Waals surface area contributed by atoms with Crippen LogP contribution in [0.3, 0.4) is 0 Å². The lowest BCUT2D eigenvalue weighted by atomic mass is 10.0. The first-order valence-corrected chi connectivity index (χ1v) is 7.70. The molecule has 0 aromatic carbocycles. The first-order valence-electron chi connectivity index (χ1n) is 7.70. The summed E-state index contributed by atoms with van der Waals surface area (Å²) >= 11 is 0. The highest BCUT2D eigenvalue weighted by Crippen LogP contribution is 2.17. The minimum absolute atomic E-state index is 0.693. The van der Waals surface area contributed by atoms with Crippen molar-refractivity contribution in [2.75, 3.05) is 19.6 Å².